The van der Waals surface area contributed by atoms with Crippen molar-refractivity contribution in [1.82, 2.24) is 4.98 Å². The van der Waals surface area contributed by atoms with Crippen LogP contribution in [0, 0.1) is 11.6 Å². The highest BCUT2D eigenvalue weighted by atomic mass is 35.5. The number of hydrogen-bond donors (Lipinski definition) is 0. The summed E-state index contributed by atoms with van der Waals surface area (Å²) in [6.45, 7) is 0. The van der Waals surface area contributed by atoms with Gasteiger partial charge in [-0.05, 0) is 35.4 Å². The summed E-state index contributed by atoms with van der Waals surface area (Å²) in [5.41, 5.74) is 1.74. The molecule has 0 N–H and O–H groups in total. The molecule has 0 atom stereocenters. The minimum atomic E-state index is -0.910. The Morgan fingerprint density at radius 1 is 1.21 bits per heavy atom. The van der Waals surface area contributed by atoms with Gasteiger partial charge in [0.05, 0.1) is 13.4 Å². The number of hydrogen-bond acceptors (Lipinski definition) is 2. The van der Waals surface area contributed by atoms with Crippen LogP contribution in [0.3, 0.4) is 0 Å². The normalized spacial score (nSPS) is 10.9. The third-order valence-corrected chi connectivity index (χ3v) is 2.84. The number of halogens is 3. The number of ether oxygens (including phenoxy) is 1. The summed E-state index contributed by atoms with van der Waals surface area (Å²) in [4.78, 5) is 3.95. The molecule has 0 fully saturated rings. The van der Waals surface area contributed by atoms with Gasteiger partial charge in [-0.1, -0.05) is 17.7 Å². The molecule has 0 saturated carbocycles. The number of nitrogens with zero attached hydrogens (tertiary/aromatic N) is 1. The van der Waals surface area contributed by atoms with Gasteiger partial charge in [-0.2, -0.15) is 0 Å². The first-order valence-corrected chi connectivity index (χ1v) is 5.80. The third kappa shape index (κ3) is 2.90. The molecule has 0 aliphatic heterocycles. The molecule has 0 bridgehead atoms. The van der Waals surface area contributed by atoms with Crippen LogP contribution in [0.2, 0.25) is 5.15 Å². The topological polar surface area (TPSA) is 22.1 Å². The van der Waals surface area contributed by atoms with Gasteiger partial charge in [-0.3, -0.25) is 0 Å². The number of benzene rings is 1. The van der Waals surface area contributed by atoms with Crippen molar-refractivity contribution in [3.8, 4) is 11.1 Å². The van der Waals surface area contributed by atoms with Crippen molar-refractivity contribution >= 4 is 17.7 Å². The quantitative estimate of drug-likeness (QED) is 0.618. The second-order valence-corrected chi connectivity index (χ2v) is 4.09. The van der Waals surface area contributed by atoms with Crippen molar-refractivity contribution in [2.24, 2.45) is 0 Å². The maximum atomic E-state index is 13.3. The van der Waals surface area contributed by atoms with Gasteiger partial charge in [-0.25, -0.2) is 13.8 Å². The largest absolute Gasteiger partial charge is 0.504 e. The Labute approximate surface area is 114 Å². The van der Waals surface area contributed by atoms with Crippen LogP contribution in [0.5, 0.6) is 0 Å². The van der Waals surface area contributed by atoms with E-state index < -0.39 is 11.6 Å². The van der Waals surface area contributed by atoms with Gasteiger partial charge in [0.2, 0.25) is 0 Å². The summed E-state index contributed by atoms with van der Waals surface area (Å²) in [6.07, 6.45) is 4.56. The van der Waals surface area contributed by atoms with Crippen LogP contribution in [0.4, 0.5) is 8.78 Å². The zero-order valence-electron chi connectivity index (χ0n) is 10.0. The van der Waals surface area contributed by atoms with E-state index in [-0.39, 0.29) is 5.15 Å². The Bertz CT molecular complexity index is 629. The van der Waals surface area contributed by atoms with Crippen molar-refractivity contribution in [3.05, 3.63) is 59.1 Å². The van der Waals surface area contributed by atoms with E-state index >= 15 is 0 Å². The van der Waals surface area contributed by atoms with E-state index in [4.69, 9.17) is 16.3 Å². The maximum Gasteiger partial charge on any atom is 0.159 e. The molecule has 0 amide bonds. The first kappa shape index (κ1) is 13.5. The molecule has 19 heavy (non-hydrogen) atoms. The number of pyridine rings is 1. The molecule has 0 aliphatic rings. The van der Waals surface area contributed by atoms with E-state index in [1.165, 1.54) is 25.6 Å². The summed E-state index contributed by atoms with van der Waals surface area (Å²) in [7, 11) is 1.50. The van der Waals surface area contributed by atoms with Crippen LogP contribution in [0.25, 0.3) is 17.2 Å². The van der Waals surface area contributed by atoms with Gasteiger partial charge in [-0.15, -0.1) is 0 Å². The summed E-state index contributed by atoms with van der Waals surface area (Å²) in [5.74, 6) is -1.80. The summed E-state index contributed by atoms with van der Waals surface area (Å²) in [5, 5.41) is 0.260. The monoisotopic (exact) mass is 281 g/mol. The van der Waals surface area contributed by atoms with Crippen LogP contribution >= 0.6 is 11.6 Å². The van der Waals surface area contributed by atoms with Gasteiger partial charge in [0.15, 0.2) is 11.6 Å². The van der Waals surface area contributed by atoms with Gasteiger partial charge in [0.1, 0.15) is 5.15 Å². The van der Waals surface area contributed by atoms with Crippen molar-refractivity contribution in [2.45, 2.75) is 0 Å². The maximum absolute atomic E-state index is 13.3. The highest BCUT2D eigenvalue weighted by Crippen LogP contribution is 2.29. The predicted octanol–water partition coefficient (Wildman–Crippen LogP) is 4.30. The number of aromatic nitrogens is 1. The molecule has 1 heterocycles. The molecule has 0 spiro atoms. The lowest BCUT2D eigenvalue weighted by molar-refractivity contribution is 0.341. The fourth-order valence-corrected chi connectivity index (χ4v) is 1.88. The molecular formula is C14H10ClF2NO. The molecular weight excluding hydrogens is 272 g/mol. The van der Waals surface area contributed by atoms with Crippen molar-refractivity contribution in [3.63, 3.8) is 0 Å². The second kappa shape index (κ2) is 5.80. The van der Waals surface area contributed by atoms with Gasteiger partial charge in [0.25, 0.3) is 0 Å². The lowest BCUT2D eigenvalue weighted by atomic mass is 10.0. The number of rotatable bonds is 3. The fourth-order valence-electron chi connectivity index (χ4n) is 1.66. The first-order valence-electron chi connectivity index (χ1n) is 5.42. The summed E-state index contributed by atoms with van der Waals surface area (Å²) in [6, 6.07) is 5.34. The van der Waals surface area contributed by atoms with E-state index in [1.54, 1.807) is 12.1 Å². The smallest absolute Gasteiger partial charge is 0.159 e. The lowest BCUT2D eigenvalue weighted by Gasteiger charge is -2.08. The van der Waals surface area contributed by atoms with E-state index in [1.807, 2.05) is 0 Å². The molecule has 0 radical (unpaired) electrons. The standard InChI is InChI=1S/C14H10ClF2NO/c1-19-7-5-11-10(4-6-18-14(11)15)9-2-3-12(16)13(17)8-9/h2-8H,1H3/b7-5+. The average Bonchev–Trinajstić information content (AvgIpc) is 2.40. The molecule has 5 heteroatoms. The summed E-state index contributed by atoms with van der Waals surface area (Å²) >= 11 is 6.00. The average molecular weight is 282 g/mol. The molecule has 2 aromatic rings. The van der Waals surface area contributed by atoms with Crippen molar-refractivity contribution < 1.29 is 13.5 Å². The molecule has 0 unspecified atom stereocenters. The molecule has 2 rings (SSSR count). The van der Waals surface area contributed by atoms with Gasteiger partial charge < -0.3 is 4.74 Å². The highest BCUT2D eigenvalue weighted by molar-refractivity contribution is 6.31. The Hall–Kier alpha value is -1.94. The van der Waals surface area contributed by atoms with Gasteiger partial charge >= 0.3 is 0 Å². The molecule has 0 saturated heterocycles. The predicted molar refractivity (Wildman–Crippen MR) is 70.6 cm³/mol. The fraction of sp³-hybridized carbons (Fsp3) is 0.0714. The Kier molecular flexibility index (Phi) is 4.12. The zero-order valence-corrected chi connectivity index (χ0v) is 10.8. The highest BCUT2D eigenvalue weighted by Gasteiger charge is 2.10. The zero-order chi connectivity index (χ0) is 13.8. The summed E-state index contributed by atoms with van der Waals surface area (Å²) < 4.78 is 31.1. The van der Waals surface area contributed by atoms with Crippen molar-refractivity contribution in [1.29, 1.82) is 0 Å². The Morgan fingerprint density at radius 3 is 2.68 bits per heavy atom. The van der Waals surface area contributed by atoms with Crippen LogP contribution < -0.4 is 0 Å². The Balaban J connectivity index is 2.58. The van der Waals surface area contributed by atoms with Crippen LogP contribution in [0.15, 0.2) is 36.7 Å². The van der Waals surface area contributed by atoms with Gasteiger partial charge in [0, 0.05) is 11.8 Å². The van der Waals surface area contributed by atoms with E-state index in [2.05, 4.69) is 4.98 Å². The van der Waals surface area contributed by atoms with Crippen LogP contribution in [0.1, 0.15) is 5.56 Å². The molecule has 0 aliphatic carbocycles. The minimum absolute atomic E-state index is 0.260. The molecule has 1 aromatic carbocycles. The molecule has 1 aromatic heterocycles. The van der Waals surface area contributed by atoms with E-state index in [9.17, 15) is 8.78 Å². The SMILES string of the molecule is CO/C=C/c1c(-c2ccc(F)c(F)c2)ccnc1Cl. The van der Waals surface area contributed by atoms with E-state index in [0.717, 1.165) is 12.1 Å². The second-order valence-electron chi connectivity index (χ2n) is 3.73. The minimum Gasteiger partial charge on any atom is -0.504 e. The van der Waals surface area contributed by atoms with Crippen LogP contribution in [-0.2, 0) is 4.74 Å². The third-order valence-electron chi connectivity index (χ3n) is 2.54. The Morgan fingerprint density at radius 2 is 2.00 bits per heavy atom. The lowest BCUT2D eigenvalue weighted by Crippen LogP contribution is -1.90. The number of methoxy groups -OCH3 is 1. The molecule has 98 valence electrons. The van der Waals surface area contributed by atoms with Crippen molar-refractivity contribution in [2.75, 3.05) is 7.11 Å². The molecule has 2 nitrogen and oxygen atoms in total. The van der Waals surface area contributed by atoms with Crippen LogP contribution in [-0.4, -0.2) is 12.1 Å². The van der Waals surface area contributed by atoms with E-state index in [0.29, 0.717) is 16.7 Å². The first-order chi connectivity index (χ1) is 9.13.